The maximum absolute atomic E-state index is 12.6. The van der Waals surface area contributed by atoms with Gasteiger partial charge < -0.3 is 15.4 Å². The van der Waals surface area contributed by atoms with Gasteiger partial charge in [0.25, 0.3) is 5.91 Å². The van der Waals surface area contributed by atoms with Crippen LogP contribution in [0.1, 0.15) is 42.6 Å². The van der Waals surface area contributed by atoms with Crippen molar-refractivity contribution in [1.82, 2.24) is 5.32 Å². The SMILES string of the molecule is Cc1c(NC(=O)C2CC2)cccc1NC(=S)NC(=O)c1cccc(OCC(C)C)c1. The highest BCUT2D eigenvalue weighted by Crippen LogP contribution is 2.31. The smallest absolute Gasteiger partial charge is 0.257 e. The fraction of sp³-hybridized carbons (Fsp3) is 0.348. The molecule has 0 unspecified atom stereocenters. The van der Waals surface area contributed by atoms with E-state index in [9.17, 15) is 9.59 Å². The van der Waals surface area contributed by atoms with Crippen LogP contribution in [0, 0.1) is 18.8 Å². The zero-order valence-corrected chi connectivity index (χ0v) is 18.3. The van der Waals surface area contributed by atoms with Crippen LogP contribution in [0.3, 0.4) is 0 Å². The summed E-state index contributed by atoms with van der Waals surface area (Å²) in [5, 5.41) is 8.87. The van der Waals surface area contributed by atoms with E-state index in [1.54, 1.807) is 18.2 Å². The van der Waals surface area contributed by atoms with Crippen molar-refractivity contribution in [3.8, 4) is 5.75 Å². The Morgan fingerprint density at radius 1 is 1.10 bits per heavy atom. The van der Waals surface area contributed by atoms with Gasteiger partial charge in [-0.1, -0.05) is 26.0 Å². The molecule has 1 aliphatic carbocycles. The minimum absolute atomic E-state index is 0.0469. The third kappa shape index (κ3) is 6.03. The number of benzene rings is 2. The maximum atomic E-state index is 12.6. The second-order valence-corrected chi connectivity index (χ2v) is 8.29. The fourth-order valence-corrected chi connectivity index (χ4v) is 3.01. The molecule has 2 amide bonds. The highest BCUT2D eigenvalue weighted by Gasteiger charge is 2.29. The molecule has 1 saturated carbocycles. The molecule has 0 saturated heterocycles. The molecule has 3 rings (SSSR count). The number of anilines is 2. The van der Waals surface area contributed by atoms with Gasteiger partial charge >= 0.3 is 0 Å². The summed E-state index contributed by atoms with van der Waals surface area (Å²) in [7, 11) is 0. The third-order valence-corrected chi connectivity index (χ3v) is 4.90. The molecular formula is C23H27N3O3S. The molecule has 3 N–H and O–H groups in total. The van der Waals surface area contributed by atoms with Crippen molar-refractivity contribution in [1.29, 1.82) is 0 Å². The fourth-order valence-electron chi connectivity index (χ4n) is 2.81. The second kappa shape index (κ2) is 9.71. The molecule has 0 atom stereocenters. The lowest BCUT2D eigenvalue weighted by Gasteiger charge is -2.15. The largest absolute Gasteiger partial charge is 0.493 e. The predicted molar refractivity (Wildman–Crippen MR) is 123 cm³/mol. The van der Waals surface area contributed by atoms with Crippen LogP contribution < -0.4 is 20.7 Å². The van der Waals surface area contributed by atoms with Crippen molar-refractivity contribution < 1.29 is 14.3 Å². The Hall–Kier alpha value is -2.93. The first-order valence-electron chi connectivity index (χ1n) is 10.1. The lowest BCUT2D eigenvalue weighted by atomic mass is 10.1. The van der Waals surface area contributed by atoms with E-state index in [-0.39, 0.29) is 22.8 Å². The number of carbonyl (C=O) groups excluding carboxylic acids is 2. The first kappa shape index (κ1) is 21.8. The molecule has 6 nitrogen and oxygen atoms in total. The van der Waals surface area contributed by atoms with Crippen molar-refractivity contribution >= 4 is 40.5 Å². The van der Waals surface area contributed by atoms with E-state index in [1.165, 1.54) is 0 Å². The number of nitrogens with one attached hydrogen (secondary N) is 3. The number of amides is 2. The Kier molecular flexibility index (Phi) is 7.05. The normalized spacial score (nSPS) is 12.9. The molecule has 0 aliphatic heterocycles. The molecule has 1 aliphatic rings. The monoisotopic (exact) mass is 425 g/mol. The van der Waals surface area contributed by atoms with Gasteiger partial charge in [-0.2, -0.15) is 0 Å². The summed E-state index contributed by atoms with van der Waals surface area (Å²) in [5.74, 6) is 0.892. The maximum Gasteiger partial charge on any atom is 0.257 e. The molecule has 2 aromatic rings. The molecular weight excluding hydrogens is 398 g/mol. The van der Waals surface area contributed by atoms with Crippen LogP contribution >= 0.6 is 12.2 Å². The minimum Gasteiger partial charge on any atom is -0.493 e. The Bertz CT molecular complexity index is 954. The van der Waals surface area contributed by atoms with Crippen molar-refractivity contribution in [2.24, 2.45) is 11.8 Å². The topological polar surface area (TPSA) is 79.5 Å². The zero-order chi connectivity index (χ0) is 21.7. The quantitative estimate of drug-likeness (QED) is 0.569. The van der Waals surface area contributed by atoms with E-state index in [1.807, 2.05) is 31.2 Å². The molecule has 1 fully saturated rings. The van der Waals surface area contributed by atoms with E-state index in [0.29, 0.717) is 23.8 Å². The van der Waals surface area contributed by atoms with Crippen molar-refractivity contribution in [3.05, 3.63) is 53.6 Å². The van der Waals surface area contributed by atoms with Crippen LogP contribution in [0.2, 0.25) is 0 Å². The molecule has 0 spiro atoms. The number of thiocarbonyl (C=S) groups is 1. The number of hydrogen-bond acceptors (Lipinski definition) is 4. The second-order valence-electron chi connectivity index (χ2n) is 7.88. The van der Waals surface area contributed by atoms with Gasteiger partial charge in [0.15, 0.2) is 5.11 Å². The van der Waals surface area contributed by atoms with Gasteiger partial charge in [-0.15, -0.1) is 0 Å². The van der Waals surface area contributed by atoms with Crippen LogP contribution in [0.5, 0.6) is 5.75 Å². The van der Waals surface area contributed by atoms with E-state index in [2.05, 4.69) is 29.8 Å². The van der Waals surface area contributed by atoms with Crippen molar-refractivity contribution in [2.75, 3.05) is 17.2 Å². The number of carbonyl (C=O) groups is 2. The molecule has 30 heavy (non-hydrogen) atoms. The Balaban J connectivity index is 1.60. The Labute approximate surface area is 182 Å². The summed E-state index contributed by atoms with van der Waals surface area (Å²) in [6.45, 7) is 6.60. The Morgan fingerprint density at radius 2 is 1.77 bits per heavy atom. The average molecular weight is 426 g/mol. The number of rotatable bonds is 7. The molecule has 0 bridgehead atoms. The van der Waals surface area contributed by atoms with Crippen LogP contribution in [0.15, 0.2) is 42.5 Å². The van der Waals surface area contributed by atoms with Crippen LogP contribution in [0.25, 0.3) is 0 Å². The summed E-state index contributed by atoms with van der Waals surface area (Å²) in [6, 6.07) is 12.5. The Morgan fingerprint density at radius 3 is 2.43 bits per heavy atom. The van der Waals surface area contributed by atoms with E-state index < -0.39 is 0 Å². The lowest BCUT2D eigenvalue weighted by molar-refractivity contribution is -0.117. The van der Waals surface area contributed by atoms with Crippen LogP contribution in [0.4, 0.5) is 11.4 Å². The highest BCUT2D eigenvalue weighted by molar-refractivity contribution is 7.80. The lowest BCUT2D eigenvalue weighted by Crippen LogP contribution is -2.34. The molecule has 7 heteroatoms. The van der Waals surface area contributed by atoms with Gasteiger partial charge in [-0.3, -0.25) is 14.9 Å². The summed E-state index contributed by atoms with van der Waals surface area (Å²) in [5.41, 5.74) is 2.78. The molecule has 0 aromatic heterocycles. The third-order valence-electron chi connectivity index (χ3n) is 4.69. The first-order valence-corrected chi connectivity index (χ1v) is 10.5. The van der Waals surface area contributed by atoms with Gasteiger partial charge in [-0.05, 0) is 73.8 Å². The van der Waals surface area contributed by atoms with E-state index >= 15 is 0 Å². The van der Waals surface area contributed by atoms with E-state index in [4.69, 9.17) is 17.0 Å². The van der Waals surface area contributed by atoms with Crippen molar-refractivity contribution in [3.63, 3.8) is 0 Å². The number of ether oxygens (including phenoxy) is 1. The standard InChI is InChI=1S/C23H27N3O3S/c1-14(2)13-29-18-7-4-6-17(12-18)22(28)26-23(30)25-20-9-5-8-19(15(20)3)24-21(27)16-10-11-16/h4-9,12,14,16H,10-11,13H2,1-3H3,(H,24,27)(H2,25,26,28,30). The van der Waals surface area contributed by atoms with Crippen LogP contribution in [-0.4, -0.2) is 23.5 Å². The first-order chi connectivity index (χ1) is 14.3. The van der Waals surface area contributed by atoms with Gasteiger partial charge in [0, 0.05) is 22.9 Å². The van der Waals surface area contributed by atoms with Gasteiger partial charge in [0.05, 0.1) is 6.61 Å². The molecule has 0 heterocycles. The average Bonchev–Trinajstić information content (AvgIpc) is 3.55. The predicted octanol–water partition coefficient (Wildman–Crippen LogP) is 4.51. The van der Waals surface area contributed by atoms with Gasteiger partial charge in [0.2, 0.25) is 5.91 Å². The summed E-state index contributed by atoms with van der Waals surface area (Å²) < 4.78 is 5.68. The zero-order valence-electron chi connectivity index (χ0n) is 17.5. The summed E-state index contributed by atoms with van der Waals surface area (Å²) in [4.78, 5) is 24.6. The molecule has 2 aromatic carbocycles. The van der Waals surface area contributed by atoms with Crippen molar-refractivity contribution in [2.45, 2.75) is 33.6 Å². The van der Waals surface area contributed by atoms with Crippen LogP contribution in [-0.2, 0) is 4.79 Å². The minimum atomic E-state index is -0.321. The highest BCUT2D eigenvalue weighted by atomic mass is 32.1. The molecule has 158 valence electrons. The summed E-state index contributed by atoms with van der Waals surface area (Å²) >= 11 is 5.31. The molecule has 0 radical (unpaired) electrons. The number of hydrogen-bond donors (Lipinski definition) is 3. The van der Waals surface area contributed by atoms with Gasteiger partial charge in [-0.25, -0.2) is 0 Å². The van der Waals surface area contributed by atoms with E-state index in [0.717, 1.165) is 29.8 Å². The summed E-state index contributed by atoms with van der Waals surface area (Å²) in [6.07, 6.45) is 1.89. The van der Waals surface area contributed by atoms with Gasteiger partial charge in [0.1, 0.15) is 5.75 Å².